The molecule has 0 spiro atoms. The van der Waals surface area contributed by atoms with Crippen LogP contribution in [0.1, 0.15) is 22.9 Å². The summed E-state index contributed by atoms with van der Waals surface area (Å²) in [4.78, 5) is 15.9. The Morgan fingerprint density at radius 1 is 1.17 bits per heavy atom. The van der Waals surface area contributed by atoms with Gasteiger partial charge >= 0.3 is 5.97 Å². The van der Waals surface area contributed by atoms with Crippen LogP contribution < -0.4 is 9.47 Å². The van der Waals surface area contributed by atoms with Crippen LogP contribution >= 0.6 is 11.6 Å². The molecule has 0 radical (unpaired) electrons. The molecule has 0 aliphatic carbocycles. The quantitative estimate of drug-likeness (QED) is 0.455. The number of hydrogen-bond donors (Lipinski definition) is 1. The minimum Gasteiger partial charge on any atom is -0.493 e. The number of ether oxygens (including phenoxy) is 3. The summed E-state index contributed by atoms with van der Waals surface area (Å²) in [5.41, 5.74) is 1.63. The van der Waals surface area contributed by atoms with E-state index in [0.717, 1.165) is 0 Å². The molecule has 3 rings (SSSR count). The number of nitrogens with zero attached hydrogens (tertiary/aromatic N) is 2. The maximum atomic E-state index is 11.5. The summed E-state index contributed by atoms with van der Waals surface area (Å²) in [6, 6.07) is 10.5. The number of pyridine rings is 1. The predicted molar refractivity (Wildman–Crippen MR) is 113 cm³/mol. The number of aliphatic hydroxyl groups excluding tert-OH is 1. The van der Waals surface area contributed by atoms with Crippen LogP contribution in [0.3, 0.4) is 0 Å². The Bertz CT molecular complexity index is 1080. The van der Waals surface area contributed by atoms with Crippen molar-refractivity contribution in [2.75, 3.05) is 21.3 Å². The second-order valence-corrected chi connectivity index (χ2v) is 6.65. The van der Waals surface area contributed by atoms with Crippen LogP contribution in [0.2, 0.25) is 5.02 Å². The van der Waals surface area contributed by atoms with Crippen LogP contribution in [-0.4, -0.2) is 42.0 Å². The van der Waals surface area contributed by atoms with E-state index in [1.807, 2.05) is 0 Å². The normalized spacial score (nSPS) is 12.0. The Kier molecular flexibility index (Phi) is 6.76. The first-order valence-corrected chi connectivity index (χ1v) is 9.36. The lowest BCUT2D eigenvalue weighted by Gasteiger charge is -2.20. The molecular formula is C22H21ClN2O5. The minimum absolute atomic E-state index is 0.369. The molecule has 1 atom stereocenters. The van der Waals surface area contributed by atoms with E-state index < -0.39 is 12.1 Å². The summed E-state index contributed by atoms with van der Waals surface area (Å²) in [7, 11) is 4.34. The topological polar surface area (TPSA) is 82.8 Å². The molecule has 8 heteroatoms. The zero-order valence-corrected chi connectivity index (χ0v) is 17.5. The highest BCUT2D eigenvalue weighted by Crippen LogP contribution is 2.39. The third-order valence-electron chi connectivity index (χ3n) is 4.48. The number of aromatic nitrogens is 2. The SMILES string of the molecule is COC(=O)/C=C/c1cccn1-c1ncc(Cl)cc1C(O)c1cccc(OC)c1OC. The molecule has 2 aromatic heterocycles. The number of carbonyl (C=O) groups excluding carboxylic acids is 1. The average molecular weight is 429 g/mol. The fourth-order valence-corrected chi connectivity index (χ4v) is 3.26. The van der Waals surface area contributed by atoms with Gasteiger partial charge in [0.1, 0.15) is 11.9 Å². The van der Waals surface area contributed by atoms with Gasteiger partial charge in [-0.25, -0.2) is 9.78 Å². The summed E-state index contributed by atoms with van der Waals surface area (Å²) in [6.45, 7) is 0. The van der Waals surface area contributed by atoms with Gasteiger partial charge in [-0.2, -0.15) is 0 Å². The Morgan fingerprint density at radius 3 is 2.67 bits per heavy atom. The van der Waals surface area contributed by atoms with Gasteiger partial charge in [-0.15, -0.1) is 0 Å². The second-order valence-electron chi connectivity index (χ2n) is 6.21. The molecule has 0 saturated heterocycles. The van der Waals surface area contributed by atoms with Gasteiger partial charge in [0.05, 0.1) is 26.4 Å². The molecule has 1 N–H and O–H groups in total. The third-order valence-corrected chi connectivity index (χ3v) is 4.69. The maximum absolute atomic E-state index is 11.5. The summed E-state index contributed by atoms with van der Waals surface area (Å²) < 4.78 is 17.2. The van der Waals surface area contributed by atoms with Crippen LogP contribution in [0, 0.1) is 0 Å². The highest BCUT2D eigenvalue weighted by molar-refractivity contribution is 6.30. The van der Waals surface area contributed by atoms with Crippen molar-refractivity contribution in [2.45, 2.75) is 6.10 Å². The monoisotopic (exact) mass is 428 g/mol. The minimum atomic E-state index is -1.10. The van der Waals surface area contributed by atoms with E-state index in [2.05, 4.69) is 9.72 Å². The molecule has 2 heterocycles. The van der Waals surface area contributed by atoms with E-state index in [9.17, 15) is 9.90 Å². The molecule has 0 amide bonds. The number of carbonyl (C=O) groups is 1. The Hall–Kier alpha value is -3.29. The molecule has 0 aliphatic rings. The lowest BCUT2D eigenvalue weighted by Crippen LogP contribution is -2.10. The zero-order chi connectivity index (χ0) is 21.7. The fourth-order valence-electron chi connectivity index (χ4n) is 3.09. The van der Waals surface area contributed by atoms with Gasteiger partial charge in [-0.1, -0.05) is 23.7 Å². The van der Waals surface area contributed by atoms with Crippen LogP contribution in [-0.2, 0) is 9.53 Å². The number of hydrogen-bond acceptors (Lipinski definition) is 6. The maximum Gasteiger partial charge on any atom is 0.330 e. The van der Waals surface area contributed by atoms with Crippen molar-refractivity contribution in [1.29, 1.82) is 0 Å². The first-order valence-electron chi connectivity index (χ1n) is 8.98. The van der Waals surface area contributed by atoms with Gasteiger partial charge in [0.2, 0.25) is 0 Å². The van der Waals surface area contributed by atoms with E-state index >= 15 is 0 Å². The third kappa shape index (κ3) is 4.32. The van der Waals surface area contributed by atoms with Gasteiger partial charge in [0.25, 0.3) is 0 Å². The van der Waals surface area contributed by atoms with Crippen molar-refractivity contribution in [1.82, 2.24) is 9.55 Å². The van der Waals surface area contributed by atoms with Crippen molar-refractivity contribution in [3.05, 3.63) is 76.7 Å². The second kappa shape index (κ2) is 9.47. The lowest BCUT2D eigenvalue weighted by molar-refractivity contribution is -0.134. The molecule has 3 aromatic rings. The summed E-state index contributed by atoms with van der Waals surface area (Å²) >= 11 is 6.19. The fraction of sp³-hybridized carbons (Fsp3) is 0.182. The number of esters is 1. The highest BCUT2D eigenvalue weighted by atomic mass is 35.5. The van der Waals surface area contributed by atoms with Crippen LogP contribution in [0.25, 0.3) is 11.9 Å². The smallest absolute Gasteiger partial charge is 0.330 e. The summed E-state index contributed by atoms with van der Waals surface area (Å²) in [5, 5.41) is 11.6. The van der Waals surface area contributed by atoms with Gasteiger partial charge in [0, 0.05) is 35.3 Å². The Labute approximate surface area is 179 Å². The average Bonchev–Trinajstić information content (AvgIpc) is 3.24. The molecule has 30 heavy (non-hydrogen) atoms. The lowest BCUT2D eigenvalue weighted by atomic mass is 10.0. The van der Waals surface area contributed by atoms with E-state index in [-0.39, 0.29) is 0 Å². The van der Waals surface area contributed by atoms with Crippen molar-refractivity contribution >= 4 is 23.6 Å². The van der Waals surface area contributed by atoms with Crippen LogP contribution in [0.5, 0.6) is 11.5 Å². The highest BCUT2D eigenvalue weighted by Gasteiger charge is 2.23. The molecule has 1 unspecified atom stereocenters. The molecule has 1 aromatic carbocycles. The number of halogens is 1. The Morgan fingerprint density at radius 2 is 1.97 bits per heavy atom. The largest absolute Gasteiger partial charge is 0.493 e. The van der Waals surface area contributed by atoms with Crippen LogP contribution in [0.15, 0.2) is 54.9 Å². The molecule has 0 fully saturated rings. The standard InChI is InChI=1S/C22H21ClN2O5/c1-28-18-8-4-7-16(21(18)30-3)20(27)17-12-14(23)13-24-22(17)25-11-5-6-15(25)9-10-19(26)29-2/h4-13,20,27H,1-3H3/b10-9+. The number of aliphatic hydroxyl groups is 1. The van der Waals surface area contributed by atoms with Gasteiger partial charge < -0.3 is 23.9 Å². The van der Waals surface area contributed by atoms with Gasteiger partial charge in [0.15, 0.2) is 11.5 Å². The number of rotatable bonds is 7. The number of methoxy groups -OCH3 is 3. The van der Waals surface area contributed by atoms with E-state index in [0.29, 0.717) is 39.2 Å². The van der Waals surface area contributed by atoms with Gasteiger partial charge in [-0.3, -0.25) is 0 Å². The van der Waals surface area contributed by atoms with E-state index in [4.69, 9.17) is 21.1 Å². The molecule has 0 aliphatic heterocycles. The molecule has 156 valence electrons. The van der Waals surface area contributed by atoms with E-state index in [1.165, 1.54) is 33.6 Å². The van der Waals surface area contributed by atoms with Gasteiger partial charge in [-0.05, 0) is 30.3 Å². The van der Waals surface area contributed by atoms with Crippen molar-refractivity contribution in [3.63, 3.8) is 0 Å². The van der Waals surface area contributed by atoms with Crippen molar-refractivity contribution in [3.8, 4) is 17.3 Å². The molecule has 0 bridgehead atoms. The van der Waals surface area contributed by atoms with E-state index in [1.54, 1.807) is 53.2 Å². The first-order chi connectivity index (χ1) is 14.5. The number of benzene rings is 1. The molecule has 7 nitrogen and oxygen atoms in total. The predicted octanol–water partition coefficient (Wildman–Crippen LogP) is 3.81. The first kappa shape index (κ1) is 21.4. The van der Waals surface area contributed by atoms with Crippen LogP contribution in [0.4, 0.5) is 0 Å². The molecular weight excluding hydrogens is 408 g/mol. The molecule has 0 saturated carbocycles. The zero-order valence-electron chi connectivity index (χ0n) is 16.7. The van der Waals surface area contributed by atoms with Crippen molar-refractivity contribution in [2.24, 2.45) is 0 Å². The summed E-state index contributed by atoms with van der Waals surface area (Å²) in [6.07, 6.45) is 5.07. The summed E-state index contributed by atoms with van der Waals surface area (Å²) in [5.74, 6) is 0.879. The number of para-hydroxylation sites is 1. The Balaban J connectivity index is 2.12. The van der Waals surface area contributed by atoms with Crippen molar-refractivity contribution < 1.29 is 24.1 Å².